The van der Waals surface area contributed by atoms with Crippen LogP contribution in [0.25, 0.3) is 4.85 Å². The second-order valence-corrected chi connectivity index (χ2v) is 20.3. The number of rotatable bonds is 8. The van der Waals surface area contributed by atoms with E-state index in [-0.39, 0.29) is 11.2 Å². The fourth-order valence-electron chi connectivity index (χ4n) is 15.3. The molecule has 8 bridgehead atoms. The summed E-state index contributed by atoms with van der Waals surface area (Å²) in [6.07, 6.45) is 18.9. The Morgan fingerprint density at radius 3 is 1.42 bits per heavy atom. The van der Waals surface area contributed by atoms with Crippen LogP contribution in [0.15, 0.2) is 97.3 Å². The minimum Gasteiger partial charge on any atom is -0.373 e. The molecule has 60 heavy (non-hydrogen) atoms. The molecule has 0 radical (unpaired) electrons. The van der Waals surface area contributed by atoms with Gasteiger partial charge in [-0.25, -0.2) is 4.98 Å². The molecular formula is C52H58N6O2. The molecule has 2 aromatic heterocycles. The van der Waals surface area contributed by atoms with Crippen molar-refractivity contribution in [2.45, 2.75) is 110 Å². The largest absolute Gasteiger partial charge is 0.373 e. The maximum Gasteiger partial charge on any atom is 0.269 e. The summed E-state index contributed by atoms with van der Waals surface area (Å²) in [6, 6.07) is 32.6. The van der Waals surface area contributed by atoms with Gasteiger partial charge in [0.15, 0.2) is 0 Å². The van der Waals surface area contributed by atoms with Crippen molar-refractivity contribution in [3.63, 3.8) is 0 Å². The molecule has 8 heteroatoms. The van der Waals surface area contributed by atoms with Gasteiger partial charge in [-0.3, -0.25) is 9.80 Å². The van der Waals surface area contributed by atoms with E-state index in [1.54, 1.807) is 18.0 Å². The molecule has 2 aromatic carbocycles. The molecule has 10 fully saturated rings. The van der Waals surface area contributed by atoms with Gasteiger partial charge in [0.25, 0.3) is 5.82 Å². The Labute approximate surface area is 356 Å². The highest BCUT2D eigenvalue weighted by atomic mass is 16.5. The lowest BCUT2D eigenvalue weighted by molar-refractivity contribution is -0.236. The van der Waals surface area contributed by atoms with E-state index >= 15 is 0 Å². The second-order valence-electron chi connectivity index (χ2n) is 20.3. The number of aromatic nitrogens is 2. The number of fused-ring (bicyclic) bond motifs is 4. The highest BCUT2D eigenvalue weighted by molar-refractivity contribution is 5.45. The van der Waals surface area contributed by atoms with Crippen LogP contribution in [-0.4, -0.2) is 71.2 Å². The molecule has 8 nitrogen and oxygen atoms in total. The fourth-order valence-corrected chi connectivity index (χ4v) is 15.3. The number of hydrogen-bond donors (Lipinski definition) is 0. The number of benzene rings is 2. The first-order valence-corrected chi connectivity index (χ1v) is 22.7. The van der Waals surface area contributed by atoms with Gasteiger partial charge >= 0.3 is 0 Å². The maximum absolute atomic E-state index is 9.37. The number of nitrogens with zero attached hydrogens (tertiary/aromatic N) is 6. The minimum atomic E-state index is -0.274. The molecule has 0 amide bonds. The van der Waals surface area contributed by atoms with Crippen molar-refractivity contribution in [2.24, 2.45) is 23.7 Å². The summed E-state index contributed by atoms with van der Waals surface area (Å²) in [6.45, 7) is 11.8. The first-order chi connectivity index (χ1) is 29.3. The van der Waals surface area contributed by atoms with Crippen LogP contribution in [0.5, 0.6) is 0 Å². The van der Waals surface area contributed by atoms with Crippen molar-refractivity contribution in [2.75, 3.05) is 40.4 Å². The molecule has 8 saturated carbocycles. The van der Waals surface area contributed by atoms with Crippen LogP contribution in [0.2, 0.25) is 0 Å². The molecule has 2 saturated heterocycles. The van der Waals surface area contributed by atoms with Crippen molar-refractivity contribution in [3.8, 4) is 6.07 Å². The van der Waals surface area contributed by atoms with E-state index in [4.69, 9.17) is 16.0 Å². The smallest absolute Gasteiger partial charge is 0.269 e. The van der Waals surface area contributed by atoms with E-state index in [9.17, 15) is 5.26 Å². The number of piperidine rings is 2. The highest BCUT2D eigenvalue weighted by Gasteiger charge is 2.73. The topological polar surface area (TPSA) is 78.9 Å². The molecule has 10 aliphatic rings. The quantitative estimate of drug-likeness (QED) is 0.165. The molecule has 14 rings (SSSR count). The molecular weight excluding hydrogens is 741 g/mol. The van der Waals surface area contributed by atoms with Crippen LogP contribution in [-0.2, 0) is 31.5 Å². The molecule has 308 valence electrons. The van der Waals surface area contributed by atoms with Crippen LogP contribution < -0.4 is 0 Å². The average Bonchev–Trinajstić information content (AvgIpc) is 3.22. The van der Waals surface area contributed by atoms with E-state index in [1.807, 2.05) is 26.4 Å². The Morgan fingerprint density at radius 1 is 0.600 bits per heavy atom. The Morgan fingerprint density at radius 2 is 1.02 bits per heavy atom. The van der Waals surface area contributed by atoms with Crippen molar-refractivity contribution < 1.29 is 9.47 Å². The predicted octanol–water partition coefficient (Wildman–Crippen LogP) is 9.48. The molecule has 0 spiro atoms. The van der Waals surface area contributed by atoms with E-state index in [0.717, 1.165) is 31.7 Å². The first kappa shape index (κ1) is 38.5. The molecule has 4 aromatic rings. The van der Waals surface area contributed by atoms with Gasteiger partial charge < -0.3 is 14.3 Å². The first-order valence-electron chi connectivity index (χ1n) is 22.7. The van der Waals surface area contributed by atoms with E-state index < -0.39 is 0 Å². The zero-order valence-electron chi connectivity index (χ0n) is 35.4. The number of pyridine rings is 2. The van der Waals surface area contributed by atoms with Gasteiger partial charge in [0.1, 0.15) is 23.6 Å². The Bertz CT molecular complexity index is 2120. The number of ether oxygens (including phenoxy) is 2. The van der Waals surface area contributed by atoms with Crippen molar-refractivity contribution in [3.05, 3.63) is 137 Å². The van der Waals surface area contributed by atoms with Crippen molar-refractivity contribution in [1.82, 2.24) is 19.8 Å². The minimum absolute atomic E-state index is 0.266. The predicted molar refractivity (Wildman–Crippen MR) is 231 cm³/mol. The highest BCUT2D eigenvalue weighted by Crippen LogP contribution is 2.73. The van der Waals surface area contributed by atoms with Gasteiger partial charge in [0.05, 0.1) is 5.60 Å². The van der Waals surface area contributed by atoms with E-state index in [0.29, 0.717) is 57.1 Å². The number of methoxy groups -OCH3 is 2. The van der Waals surface area contributed by atoms with Gasteiger partial charge in [-0.2, -0.15) is 5.26 Å². The monoisotopic (exact) mass is 798 g/mol. The second kappa shape index (κ2) is 14.0. The summed E-state index contributed by atoms with van der Waals surface area (Å²) < 4.78 is 12.8. The summed E-state index contributed by atoms with van der Waals surface area (Å²) in [7, 11) is 3.75. The molecule has 2 aliphatic heterocycles. The standard InChI is InChI=1S/2C26H29N3O/c1-27-23-13-20(11-12-28-23)26(30-2)21-9-6-10-22(26)15-29(14-21)25-16-24(17-25,18-25)19-7-4-3-5-8-19;1-30-26(20-10-11-28-23(12-20)13-27)21-8-5-9-22(26)15-29(14-21)25-16-24(17-25,18-25)19-6-3-2-4-7-19/h3-5,7-8,11-13,21-22H,6,9-10,14-18H2,2H3;2-4,6-7,10-12,21-22H,5,8-9,14-18H2,1H3. The lowest BCUT2D eigenvalue weighted by Gasteiger charge is -2.76. The van der Waals surface area contributed by atoms with E-state index in [1.165, 1.54) is 88.2 Å². The summed E-state index contributed by atoms with van der Waals surface area (Å²) >= 11 is 0. The summed E-state index contributed by atoms with van der Waals surface area (Å²) in [4.78, 5) is 17.7. The Balaban J connectivity index is 0.000000136. The van der Waals surface area contributed by atoms with Gasteiger partial charge in [-0.1, -0.05) is 80.1 Å². The summed E-state index contributed by atoms with van der Waals surface area (Å²) in [5, 5.41) is 9.37. The number of likely N-dealkylation sites (tertiary alicyclic amines) is 2. The molecule has 0 N–H and O–H groups in total. The maximum atomic E-state index is 9.37. The van der Waals surface area contributed by atoms with Crippen molar-refractivity contribution in [1.29, 1.82) is 5.26 Å². The van der Waals surface area contributed by atoms with Gasteiger partial charge in [-0.05, 0) is 111 Å². The van der Waals surface area contributed by atoms with Gasteiger partial charge in [0, 0.05) is 92.2 Å². The third kappa shape index (κ3) is 5.40. The zero-order valence-corrected chi connectivity index (χ0v) is 35.4. The lowest BCUT2D eigenvalue weighted by atomic mass is 9.36. The van der Waals surface area contributed by atoms with Crippen LogP contribution >= 0.6 is 0 Å². The number of nitriles is 1. The normalized spacial score (nSPS) is 39.5. The Hall–Kier alpha value is -4.44. The fraction of sp³-hybridized carbons (Fsp3) is 0.538. The van der Waals surface area contributed by atoms with Crippen LogP contribution in [0.4, 0.5) is 5.82 Å². The third-order valence-corrected chi connectivity index (χ3v) is 17.8. The molecule has 4 atom stereocenters. The van der Waals surface area contributed by atoms with Gasteiger partial charge in [-0.15, -0.1) is 4.98 Å². The summed E-state index contributed by atoms with van der Waals surface area (Å²) in [5.41, 5.74) is 7.08. The third-order valence-electron chi connectivity index (χ3n) is 17.8. The molecule has 4 heterocycles. The van der Waals surface area contributed by atoms with Crippen LogP contribution in [0, 0.1) is 41.6 Å². The van der Waals surface area contributed by atoms with Crippen LogP contribution in [0.3, 0.4) is 0 Å². The number of hydrogen-bond acceptors (Lipinski definition) is 7. The van der Waals surface area contributed by atoms with Crippen LogP contribution in [0.1, 0.15) is 105 Å². The summed E-state index contributed by atoms with van der Waals surface area (Å²) in [5.74, 6) is 2.40. The lowest BCUT2D eigenvalue weighted by Crippen LogP contribution is -2.79. The molecule has 4 unspecified atom stereocenters. The SMILES string of the molecule is COC1(c2ccnc(C#N)c2)C2CCCC1CN(C13CC(c4ccccc4)(C1)C3)C2.[C-]#[N+]c1cc(C2(OC)C3CCCC2CN(C24CC(c5ccccc5)(C2)C4)C3)ccn1. The average molecular weight is 799 g/mol. The zero-order chi connectivity index (χ0) is 40.8. The van der Waals surface area contributed by atoms with Crippen molar-refractivity contribution >= 4 is 5.82 Å². The van der Waals surface area contributed by atoms with E-state index in [2.05, 4.69) is 103 Å². The van der Waals surface area contributed by atoms with Gasteiger partial charge in [0.2, 0.25) is 0 Å². The Kier molecular flexibility index (Phi) is 9.01. The molecule has 8 aliphatic carbocycles.